The van der Waals surface area contributed by atoms with Crippen molar-refractivity contribution in [3.8, 4) is 0 Å². The fourth-order valence-electron chi connectivity index (χ4n) is 3.71. The summed E-state index contributed by atoms with van der Waals surface area (Å²) < 4.78 is 7.39. The molecule has 2 aromatic rings. The van der Waals surface area contributed by atoms with Gasteiger partial charge in [-0.05, 0) is 45.8 Å². The second-order valence-corrected chi connectivity index (χ2v) is 6.77. The van der Waals surface area contributed by atoms with E-state index in [9.17, 15) is 4.79 Å². The van der Waals surface area contributed by atoms with Crippen molar-refractivity contribution in [3.05, 3.63) is 29.2 Å². The number of hydrogen-bond donors (Lipinski definition) is 1. The molecule has 2 aromatic heterocycles. The van der Waals surface area contributed by atoms with Gasteiger partial charge in [0.1, 0.15) is 5.69 Å². The SMILES string of the molecule is Cc1cc2nc(C(=O)N[C@H]3COC[C@@H]3N3CCCC3)cc(C)n2n1. The van der Waals surface area contributed by atoms with Gasteiger partial charge < -0.3 is 10.1 Å². The number of aryl methyl sites for hydroxylation is 2. The molecule has 2 saturated heterocycles. The van der Waals surface area contributed by atoms with Crippen LogP contribution in [0.2, 0.25) is 0 Å². The molecule has 0 saturated carbocycles. The van der Waals surface area contributed by atoms with Gasteiger partial charge in [0.15, 0.2) is 5.65 Å². The topological polar surface area (TPSA) is 71.8 Å². The van der Waals surface area contributed by atoms with Crippen LogP contribution in [-0.2, 0) is 4.74 Å². The standard InChI is InChI=1S/C17H23N5O2/c1-11-7-16-18-13(8-12(2)22(16)20-11)17(23)19-14-9-24-10-15(14)21-5-3-4-6-21/h7-8,14-15H,3-6,9-10H2,1-2H3,(H,19,23)/t14-,15-/m0/s1. The van der Waals surface area contributed by atoms with Crippen LogP contribution >= 0.6 is 0 Å². The van der Waals surface area contributed by atoms with Gasteiger partial charge in [0, 0.05) is 11.8 Å². The van der Waals surface area contributed by atoms with E-state index in [-0.39, 0.29) is 18.0 Å². The Morgan fingerprint density at radius 1 is 1.25 bits per heavy atom. The van der Waals surface area contributed by atoms with E-state index >= 15 is 0 Å². The zero-order chi connectivity index (χ0) is 16.7. The molecule has 2 aliphatic rings. The van der Waals surface area contributed by atoms with Crippen molar-refractivity contribution in [2.45, 2.75) is 38.8 Å². The summed E-state index contributed by atoms with van der Waals surface area (Å²) >= 11 is 0. The molecule has 4 heterocycles. The highest BCUT2D eigenvalue weighted by Gasteiger charge is 2.35. The molecule has 0 unspecified atom stereocenters. The average molecular weight is 329 g/mol. The predicted octanol–water partition coefficient (Wildman–Crippen LogP) is 0.939. The van der Waals surface area contributed by atoms with E-state index in [1.54, 1.807) is 10.6 Å². The Hall–Kier alpha value is -1.99. The van der Waals surface area contributed by atoms with Crippen molar-refractivity contribution >= 4 is 11.6 Å². The molecular weight excluding hydrogens is 306 g/mol. The average Bonchev–Trinajstić information content (AvgIpc) is 3.25. The number of fused-ring (bicyclic) bond motifs is 1. The van der Waals surface area contributed by atoms with Gasteiger partial charge in [-0.3, -0.25) is 9.69 Å². The van der Waals surface area contributed by atoms with E-state index in [0.29, 0.717) is 24.6 Å². The molecule has 0 aliphatic carbocycles. The predicted molar refractivity (Wildman–Crippen MR) is 89.1 cm³/mol. The Labute approximate surface area is 141 Å². The van der Waals surface area contributed by atoms with Gasteiger partial charge in [0.25, 0.3) is 5.91 Å². The molecule has 4 rings (SSSR count). The van der Waals surface area contributed by atoms with Gasteiger partial charge in [0.2, 0.25) is 0 Å². The first kappa shape index (κ1) is 15.5. The third-order valence-corrected chi connectivity index (χ3v) is 4.94. The molecule has 0 spiro atoms. The Bertz CT molecular complexity index is 766. The lowest BCUT2D eigenvalue weighted by atomic mass is 10.1. The van der Waals surface area contributed by atoms with Crippen LogP contribution in [0, 0.1) is 13.8 Å². The summed E-state index contributed by atoms with van der Waals surface area (Å²) in [5, 5.41) is 7.50. The molecule has 7 nitrogen and oxygen atoms in total. The monoisotopic (exact) mass is 329 g/mol. The summed E-state index contributed by atoms with van der Waals surface area (Å²) in [5.41, 5.74) is 2.93. The summed E-state index contributed by atoms with van der Waals surface area (Å²) in [6.07, 6.45) is 2.46. The zero-order valence-corrected chi connectivity index (χ0v) is 14.2. The van der Waals surface area contributed by atoms with Gasteiger partial charge in [-0.25, -0.2) is 9.50 Å². The van der Waals surface area contributed by atoms with Gasteiger partial charge >= 0.3 is 0 Å². The van der Waals surface area contributed by atoms with Crippen LogP contribution in [0.5, 0.6) is 0 Å². The highest BCUT2D eigenvalue weighted by atomic mass is 16.5. The van der Waals surface area contributed by atoms with Crippen LogP contribution in [0.1, 0.15) is 34.7 Å². The van der Waals surface area contributed by atoms with Gasteiger partial charge in [0.05, 0.1) is 31.0 Å². The number of nitrogens with zero attached hydrogens (tertiary/aromatic N) is 4. The molecular formula is C17H23N5O2. The molecule has 24 heavy (non-hydrogen) atoms. The van der Waals surface area contributed by atoms with Gasteiger partial charge in [-0.2, -0.15) is 5.10 Å². The quantitative estimate of drug-likeness (QED) is 0.907. The third-order valence-electron chi connectivity index (χ3n) is 4.94. The Morgan fingerprint density at radius 3 is 2.83 bits per heavy atom. The molecule has 0 aromatic carbocycles. The van der Waals surface area contributed by atoms with Crippen LogP contribution in [0.3, 0.4) is 0 Å². The summed E-state index contributed by atoms with van der Waals surface area (Å²) in [6, 6.07) is 3.98. The maximum Gasteiger partial charge on any atom is 0.270 e. The van der Waals surface area contributed by atoms with Crippen LogP contribution in [0.25, 0.3) is 5.65 Å². The first-order valence-electron chi connectivity index (χ1n) is 8.58. The first-order chi connectivity index (χ1) is 11.6. The van der Waals surface area contributed by atoms with Crippen LogP contribution in [-0.4, -0.2) is 63.8 Å². The number of likely N-dealkylation sites (tertiary alicyclic amines) is 1. The van der Waals surface area contributed by atoms with Crippen molar-refractivity contribution in [1.82, 2.24) is 24.8 Å². The Kier molecular flexibility index (Phi) is 3.97. The molecule has 1 N–H and O–H groups in total. The summed E-state index contributed by atoms with van der Waals surface area (Å²) in [7, 11) is 0. The summed E-state index contributed by atoms with van der Waals surface area (Å²) in [5.74, 6) is -0.140. The maximum absolute atomic E-state index is 12.7. The number of amides is 1. The fourth-order valence-corrected chi connectivity index (χ4v) is 3.71. The lowest BCUT2D eigenvalue weighted by Gasteiger charge is -2.27. The van der Waals surface area contributed by atoms with Gasteiger partial charge in [-0.15, -0.1) is 0 Å². The second-order valence-electron chi connectivity index (χ2n) is 6.77. The third kappa shape index (κ3) is 2.78. The molecule has 7 heteroatoms. The smallest absolute Gasteiger partial charge is 0.270 e. The van der Waals surface area contributed by atoms with Gasteiger partial charge in [-0.1, -0.05) is 0 Å². The van der Waals surface area contributed by atoms with Crippen LogP contribution in [0.15, 0.2) is 12.1 Å². The van der Waals surface area contributed by atoms with Crippen molar-refractivity contribution in [2.24, 2.45) is 0 Å². The zero-order valence-electron chi connectivity index (χ0n) is 14.2. The van der Waals surface area contributed by atoms with Crippen molar-refractivity contribution in [3.63, 3.8) is 0 Å². The minimum absolute atomic E-state index is 0.0283. The largest absolute Gasteiger partial charge is 0.378 e. The number of aromatic nitrogens is 3. The van der Waals surface area contributed by atoms with E-state index in [1.807, 2.05) is 19.9 Å². The fraction of sp³-hybridized carbons (Fsp3) is 0.588. The van der Waals surface area contributed by atoms with Crippen molar-refractivity contribution in [2.75, 3.05) is 26.3 Å². The highest BCUT2D eigenvalue weighted by molar-refractivity contribution is 5.93. The van der Waals surface area contributed by atoms with E-state index in [0.717, 1.165) is 24.5 Å². The van der Waals surface area contributed by atoms with Crippen molar-refractivity contribution in [1.29, 1.82) is 0 Å². The molecule has 128 valence electrons. The minimum Gasteiger partial charge on any atom is -0.378 e. The number of carbonyl (C=O) groups is 1. The number of hydrogen-bond acceptors (Lipinski definition) is 5. The number of rotatable bonds is 3. The lowest BCUT2D eigenvalue weighted by Crippen LogP contribution is -2.50. The van der Waals surface area contributed by atoms with E-state index in [4.69, 9.17) is 4.74 Å². The number of ether oxygens (including phenoxy) is 1. The second kappa shape index (κ2) is 6.14. The molecule has 0 radical (unpaired) electrons. The minimum atomic E-state index is -0.140. The molecule has 2 atom stereocenters. The summed E-state index contributed by atoms with van der Waals surface area (Å²) in [4.78, 5) is 19.6. The highest BCUT2D eigenvalue weighted by Crippen LogP contribution is 2.19. The first-order valence-corrected chi connectivity index (χ1v) is 8.58. The maximum atomic E-state index is 12.7. The molecule has 0 bridgehead atoms. The van der Waals surface area contributed by atoms with Crippen LogP contribution < -0.4 is 5.32 Å². The molecule has 2 aliphatic heterocycles. The number of nitrogens with one attached hydrogen (secondary N) is 1. The Morgan fingerprint density at radius 2 is 2.04 bits per heavy atom. The normalized spacial score (nSPS) is 24.8. The van der Waals surface area contributed by atoms with E-state index < -0.39 is 0 Å². The number of carbonyl (C=O) groups excluding carboxylic acids is 1. The van der Waals surface area contributed by atoms with E-state index in [2.05, 4.69) is 20.3 Å². The molecule has 1 amide bonds. The van der Waals surface area contributed by atoms with Crippen molar-refractivity contribution < 1.29 is 9.53 Å². The molecule has 2 fully saturated rings. The Balaban J connectivity index is 1.53. The van der Waals surface area contributed by atoms with Crippen LogP contribution in [0.4, 0.5) is 0 Å². The summed E-state index contributed by atoms with van der Waals surface area (Å²) in [6.45, 7) is 7.31. The van der Waals surface area contributed by atoms with E-state index in [1.165, 1.54) is 12.8 Å². The lowest BCUT2D eigenvalue weighted by molar-refractivity contribution is 0.0911.